The summed E-state index contributed by atoms with van der Waals surface area (Å²) in [5.74, 6) is -0.874. The van der Waals surface area contributed by atoms with Crippen LogP contribution in [0.3, 0.4) is 0 Å². The normalized spacial score (nSPS) is 42.0. The molecule has 0 aromatic carbocycles. The molecule has 2 heterocycles. The Kier molecular flexibility index (Phi) is 3.34. The van der Waals surface area contributed by atoms with Crippen LogP contribution in [0.5, 0.6) is 0 Å². The molecule has 3 fully saturated rings. The van der Waals surface area contributed by atoms with Crippen molar-refractivity contribution in [2.75, 3.05) is 19.7 Å². The average molecular weight is 303 g/mol. The van der Waals surface area contributed by atoms with Crippen LogP contribution in [0, 0.1) is 11.3 Å². The third kappa shape index (κ3) is 1.90. The van der Waals surface area contributed by atoms with E-state index in [-0.39, 0.29) is 18.6 Å². The van der Waals surface area contributed by atoms with Crippen LogP contribution in [-0.2, 0) is 19.6 Å². The van der Waals surface area contributed by atoms with Gasteiger partial charge in [-0.3, -0.25) is 4.79 Å². The van der Waals surface area contributed by atoms with E-state index in [0.717, 1.165) is 12.8 Å². The van der Waals surface area contributed by atoms with Gasteiger partial charge in [0.1, 0.15) is 5.25 Å². The van der Waals surface area contributed by atoms with Gasteiger partial charge in [0.2, 0.25) is 10.0 Å². The van der Waals surface area contributed by atoms with Gasteiger partial charge in [-0.15, -0.1) is 0 Å². The van der Waals surface area contributed by atoms with Gasteiger partial charge in [-0.2, -0.15) is 0 Å². The summed E-state index contributed by atoms with van der Waals surface area (Å²) in [6.45, 7) is 2.74. The monoisotopic (exact) mass is 303 g/mol. The van der Waals surface area contributed by atoms with Gasteiger partial charge < -0.3 is 9.84 Å². The van der Waals surface area contributed by atoms with Gasteiger partial charge >= 0.3 is 5.97 Å². The number of nitrogens with zero attached hydrogens (tertiary/aromatic N) is 1. The highest BCUT2D eigenvalue weighted by atomic mass is 32.2. The Morgan fingerprint density at radius 2 is 2.15 bits per heavy atom. The molecule has 0 amide bonds. The molecule has 6 nitrogen and oxygen atoms in total. The lowest BCUT2D eigenvalue weighted by Crippen LogP contribution is -2.42. The molecule has 0 radical (unpaired) electrons. The molecule has 114 valence electrons. The Morgan fingerprint density at radius 3 is 2.70 bits per heavy atom. The van der Waals surface area contributed by atoms with E-state index in [2.05, 4.69) is 0 Å². The maximum absolute atomic E-state index is 12.7. The van der Waals surface area contributed by atoms with Crippen LogP contribution >= 0.6 is 0 Å². The zero-order valence-electron chi connectivity index (χ0n) is 11.6. The second kappa shape index (κ2) is 4.68. The fraction of sp³-hybridized carbons (Fsp3) is 0.923. The molecular weight excluding hydrogens is 282 g/mol. The minimum atomic E-state index is -3.46. The highest BCUT2D eigenvalue weighted by molar-refractivity contribution is 7.89. The van der Waals surface area contributed by atoms with Crippen molar-refractivity contribution in [1.82, 2.24) is 4.31 Å². The molecule has 2 unspecified atom stereocenters. The van der Waals surface area contributed by atoms with Crippen LogP contribution in [0.1, 0.15) is 32.6 Å². The summed E-state index contributed by atoms with van der Waals surface area (Å²) in [7, 11) is -3.46. The first-order chi connectivity index (χ1) is 9.38. The first-order valence-electron chi connectivity index (χ1n) is 7.22. The minimum absolute atomic E-state index is 0.0348. The first-order valence-corrected chi connectivity index (χ1v) is 8.72. The number of carboxylic acids is 1. The summed E-state index contributed by atoms with van der Waals surface area (Å²) in [6, 6.07) is 0. The summed E-state index contributed by atoms with van der Waals surface area (Å²) < 4.78 is 32.2. The Hall–Kier alpha value is -0.660. The van der Waals surface area contributed by atoms with Crippen LogP contribution in [-0.4, -0.2) is 54.8 Å². The molecule has 0 aromatic rings. The Balaban J connectivity index is 1.85. The average Bonchev–Trinajstić information content (AvgIpc) is 3.00. The van der Waals surface area contributed by atoms with Gasteiger partial charge in [0.15, 0.2) is 0 Å². The van der Waals surface area contributed by atoms with E-state index in [9.17, 15) is 18.3 Å². The van der Waals surface area contributed by atoms with Crippen molar-refractivity contribution in [3.8, 4) is 0 Å². The third-order valence-electron chi connectivity index (χ3n) is 5.31. The van der Waals surface area contributed by atoms with E-state index in [0.29, 0.717) is 26.0 Å². The van der Waals surface area contributed by atoms with E-state index in [1.165, 1.54) is 4.31 Å². The van der Waals surface area contributed by atoms with Crippen molar-refractivity contribution in [2.24, 2.45) is 11.3 Å². The molecule has 1 N–H and O–H groups in total. The quantitative estimate of drug-likeness (QED) is 0.829. The fourth-order valence-corrected chi connectivity index (χ4v) is 6.22. The van der Waals surface area contributed by atoms with Gasteiger partial charge in [-0.05, 0) is 32.1 Å². The Labute approximate surface area is 119 Å². The summed E-state index contributed by atoms with van der Waals surface area (Å²) in [6.07, 6.45) is 2.49. The Morgan fingerprint density at radius 1 is 1.40 bits per heavy atom. The second-order valence-electron chi connectivity index (χ2n) is 6.29. The van der Waals surface area contributed by atoms with Gasteiger partial charge in [0, 0.05) is 19.7 Å². The van der Waals surface area contributed by atoms with Gasteiger partial charge in [0.25, 0.3) is 0 Å². The van der Waals surface area contributed by atoms with E-state index in [1.54, 1.807) is 6.92 Å². The zero-order valence-corrected chi connectivity index (χ0v) is 12.4. The lowest BCUT2D eigenvalue weighted by atomic mass is 9.81. The first kappa shape index (κ1) is 14.3. The summed E-state index contributed by atoms with van der Waals surface area (Å²) in [5.41, 5.74) is -0.851. The molecule has 0 spiro atoms. The highest BCUT2D eigenvalue weighted by Gasteiger charge is 2.58. The van der Waals surface area contributed by atoms with Crippen LogP contribution in [0.4, 0.5) is 0 Å². The number of fused-ring (bicyclic) bond motifs is 1. The molecule has 1 aliphatic carbocycles. The fourth-order valence-electron chi connectivity index (χ4n) is 4.08. The Bertz CT molecular complexity index is 519. The predicted octanol–water partition coefficient (Wildman–Crippen LogP) is 0.680. The molecule has 2 aliphatic heterocycles. The van der Waals surface area contributed by atoms with E-state index in [4.69, 9.17) is 4.74 Å². The topological polar surface area (TPSA) is 83.9 Å². The van der Waals surface area contributed by atoms with Crippen LogP contribution in [0.25, 0.3) is 0 Å². The molecular formula is C13H21NO5S. The number of ether oxygens (including phenoxy) is 1. The number of hydrogen-bond acceptors (Lipinski definition) is 4. The number of aliphatic carboxylic acids is 1. The smallest absolute Gasteiger partial charge is 0.311 e. The molecule has 0 aromatic heterocycles. The van der Waals surface area contributed by atoms with Crippen molar-refractivity contribution in [2.45, 2.75) is 44.0 Å². The standard InChI is InChI=1S/C13H21NO5S/c1-9-11(4-6-19-9)20(17,18)14-7-10-3-2-5-13(10,8-14)12(15)16/h9-11H,2-8H2,1H3,(H,15,16)/t9?,10-,11?,13+/m0/s1. The lowest BCUT2D eigenvalue weighted by Gasteiger charge is -2.25. The minimum Gasteiger partial charge on any atom is -0.481 e. The molecule has 20 heavy (non-hydrogen) atoms. The van der Waals surface area contributed by atoms with Gasteiger partial charge in [-0.25, -0.2) is 12.7 Å². The number of sulfonamides is 1. The van der Waals surface area contributed by atoms with E-state index in [1.807, 2.05) is 0 Å². The van der Waals surface area contributed by atoms with Crippen molar-refractivity contribution in [3.05, 3.63) is 0 Å². The zero-order chi connectivity index (χ0) is 14.5. The maximum atomic E-state index is 12.7. The molecule has 0 bridgehead atoms. The van der Waals surface area contributed by atoms with Crippen molar-refractivity contribution >= 4 is 16.0 Å². The van der Waals surface area contributed by atoms with Crippen molar-refractivity contribution < 1.29 is 23.1 Å². The number of rotatable bonds is 3. The molecule has 2 saturated heterocycles. The summed E-state index contributed by atoms with van der Waals surface area (Å²) in [4.78, 5) is 11.6. The lowest BCUT2D eigenvalue weighted by molar-refractivity contribution is -0.149. The number of carboxylic acid groups (broad SMARTS) is 1. The second-order valence-corrected chi connectivity index (χ2v) is 8.44. The molecule has 4 atom stereocenters. The largest absolute Gasteiger partial charge is 0.481 e. The highest BCUT2D eigenvalue weighted by Crippen LogP contribution is 2.50. The van der Waals surface area contributed by atoms with Crippen molar-refractivity contribution in [3.63, 3.8) is 0 Å². The maximum Gasteiger partial charge on any atom is 0.311 e. The molecule has 7 heteroatoms. The van der Waals surface area contributed by atoms with E-state index < -0.39 is 26.7 Å². The number of carbonyl (C=O) groups is 1. The van der Waals surface area contributed by atoms with E-state index >= 15 is 0 Å². The predicted molar refractivity (Wildman–Crippen MR) is 71.7 cm³/mol. The van der Waals surface area contributed by atoms with Crippen LogP contribution in [0.15, 0.2) is 0 Å². The SMILES string of the molecule is CC1OCCC1S(=O)(=O)N1C[C@@H]2CCC[C@@]2(C(=O)O)C1. The van der Waals surface area contributed by atoms with Gasteiger partial charge in [0.05, 0.1) is 11.5 Å². The molecule has 3 rings (SSSR count). The van der Waals surface area contributed by atoms with Crippen LogP contribution in [0.2, 0.25) is 0 Å². The van der Waals surface area contributed by atoms with Crippen molar-refractivity contribution in [1.29, 1.82) is 0 Å². The summed E-state index contributed by atoms with van der Waals surface area (Å²) >= 11 is 0. The molecule has 3 aliphatic rings. The third-order valence-corrected chi connectivity index (χ3v) is 7.70. The summed E-state index contributed by atoms with van der Waals surface area (Å²) in [5, 5.41) is 9.01. The number of hydrogen-bond donors (Lipinski definition) is 1. The molecule has 1 saturated carbocycles. The van der Waals surface area contributed by atoms with Crippen LogP contribution < -0.4 is 0 Å². The van der Waals surface area contributed by atoms with Gasteiger partial charge in [-0.1, -0.05) is 6.42 Å².